The maximum absolute atomic E-state index is 12.7. The van der Waals surface area contributed by atoms with Crippen LogP contribution in [0.25, 0.3) is 0 Å². The Morgan fingerprint density at radius 1 is 1.24 bits per heavy atom. The Morgan fingerprint density at radius 2 is 2.08 bits per heavy atom. The van der Waals surface area contributed by atoms with E-state index in [4.69, 9.17) is 4.42 Å². The number of anilines is 1. The van der Waals surface area contributed by atoms with Gasteiger partial charge in [0.25, 0.3) is 0 Å². The topological polar surface area (TPSA) is 65.7 Å². The molecule has 2 aliphatic rings. The molecule has 0 aromatic carbocycles. The van der Waals surface area contributed by atoms with Crippen molar-refractivity contribution in [2.45, 2.75) is 25.4 Å². The van der Waals surface area contributed by atoms with Crippen molar-refractivity contribution < 1.29 is 9.21 Å². The summed E-state index contributed by atoms with van der Waals surface area (Å²) in [6.45, 7) is 4.24. The van der Waals surface area contributed by atoms with Gasteiger partial charge in [-0.05, 0) is 25.0 Å². The first-order valence-corrected chi connectivity index (χ1v) is 8.85. The highest BCUT2D eigenvalue weighted by Gasteiger charge is 2.32. The zero-order valence-corrected chi connectivity index (χ0v) is 14.3. The Balaban J connectivity index is 1.31. The van der Waals surface area contributed by atoms with E-state index in [1.807, 2.05) is 17.0 Å². The minimum Gasteiger partial charge on any atom is -0.468 e. The van der Waals surface area contributed by atoms with E-state index in [0.29, 0.717) is 19.1 Å². The highest BCUT2D eigenvalue weighted by Crippen LogP contribution is 2.28. The Labute approximate surface area is 147 Å². The van der Waals surface area contributed by atoms with E-state index < -0.39 is 0 Å². The van der Waals surface area contributed by atoms with Gasteiger partial charge in [-0.3, -0.25) is 14.7 Å². The van der Waals surface area contributed by atoms with E-state index in [1.165, 1.54) is 12.8 Å². The largest absolute Gasteiger partial charge is 0.468 e. The monoisotopic (exact) mass is 341 g/mol. The molecule has 2 fully saturated rings. The van der Waals surface area contributed by atoms with E-state index >= 15 is 0 Å². The second-order valence-corrected chi connectivity index (χ2v) is 6.65. The minimum atomic E-state index is 0.206. The summed E-state index contributed by atoms with van der Waals surface area (Å²) >= 11 is 0. The molecule has 7 nitrogen and oxygen atoms in total. The number of carbonyl (C=O) groups excluding carboxylic acids is 1. The molecule has 0 unspecified atom stereocenters. The van der Waals surface area contributed by atoms with Gasteiger partial charge in [-0.2, -0.15) is 0 Å². The van der Waals surface area contributed by atoms with Crippen molar-refractivity contribution in [3.8, 4) is 0 Å². The van der Waals surface area contributed by atoms with Crippen LogP contribution < -0.4 is 4.90 Å². The third-order valence-corrected chi connectivity index (χ3v) is 4.85. The number of hydrogen-bond acceptors (Lipinski definition) is 6. The van der Waals surface area contributed by atoms with Gasteiger partial charge in [-0.1, -0.05) is 0 Å². The zero-order chi connectivity index (χ0) is 17.1. The third kappa shape index (κ3) is 3.99. The lowest BCUT2D eigenvalue weighted by molar-refractivity contribution is -0.133. The van der Waals surface area contributed by atoms with Crippen LogP contribution in [0.15, 0.2) is 41.4 Å². The Bertz CT molecular complexity index is 679. The number of carbonyl (C=O) groups is 1. The second kappa shape index (κ2) is 7.23. The number of furan rings is 1. The van der Waals surface area contributed by atoms with E-state index in [-0.39, 0.29) is 5.91 Å². The molecule has 4 rings (SSSR count). The number of rotatable bonds is 6. The summed E-state index contributed by atoms with van der Waals surface area (Å²) in [6.07, 6.45) is 9.19. The Hall–Kier alpha value is -2.41. The van der Waals surface area contributed by atoms with Gasteiger partial charge in [-0.15, -0.1) is 0 Å². The molecule has 0 atom stereocenters. The molecule has 1 saturated carbocycles. The molecule has 3 heterocycles. The molecular formula is C18H23N5O2. The van der Waals surface area contributed by atoms with E-state index in [1.54, 1.807) is 24.9 Å². The van der Waals surface area contributed by atoms with Gasteiger partial charge in [0.15, 0.2) is 0 Å². The van der Waals surface area contributed by atoms with Gasteiger partial charge >= 0.3 is 0 Å². The number of piperazine rings is 1. The average Bonchev–Trinajstić information content (AvgIpc) is 3.39. The lowest BCUT2D eigenvalue weighted by Gasteiger charge is -2.36. The van der Waals surface area contributed by atoms with Gasteiger partial charge in [-0.25, -0.2) is 4.98 Å². The molecule has 2 aromatic heterocycles. The highest BCUT2D eigenvalue weighted by atomic mass is 16.3. The standard InChI is InChI=1S/C18H23N5O2/c24-18(14-23(15-3-4-15)13-16-2-1-11-25-16)22-9-7-21(8-10-22)17-12-19-5-6-20-17/h1-2,5-6,11-12,15H,3-4,7-10,13-14H2. The van der Waals surface area contributed by atoms with E-state index in [2.05, 4.69) is 19.8 Å². The van der Waals surface area contributed by atoms with Gasteiger partial charge in [0.05, 0.1) is 25.5 Å². The van der Waals surface area contributed by atoms with Crippen LogP contribution in [0.5, 0.6) is 0 Å². The first-order valence-electron chi connectivity index (χ1n) is 8.85. The van der Waals surface area contributed by atoms with Crippen LogP contribution in [-0.4, -0.2) is 64.4 Å². The molecule has 25 heavy (non-hydrogen) atoms. The summed E-state index contributed by atoms with van der Waals surface area (Å²) in [4.78, 5) is 27.6. The summed E-state index contributed by atoms with van der Waals surface area (Å²) in [5.74, 6) is 2.01. The van der Waals surface area contributed by atoms with Crippen molar-refractivity contribution in [2.75, 3.05) is 37.6 Å². The number of hydrogen-bond donors (Lipinski definition) is 0. The minimum absolute atomic E-state index is 0.206. The van der Waals surface area contributed by atoms with Crippen molar-refractivity contribution >= 4 is 11.7 Å². The number of amides is 1. The van der Waals surface area contributed by atoms with Crippen molar-refractivity contribution in [3.63, 3.8) is 0 Å². The summed E-state index contributed by atoms with van der Waals surface area (Å²) in [6, 6.07) is 4.39. The quantitative estimate of drug-likeness (QED) is 0.791. The van der Waals surface area contributed by atoms with Crippen molar-refractivity contribution in [2.24, 2.45) is 0 Å². The smallest absolute Gasteiger partial charge is 0.236 e. The predicted molar refractivity (Wildman–Crippen MR) is 93.0 cm³/mol. The first-order chi connectivity index (χ1) is 12.3. The Kier molecular flexibility index (Phi) is 4.65. The molecule has 0 radical (unpaired) electrons. The maximum atomic E-state index is 12.7. The molecule has 1 aliphatic carbocycles. The number of nitrogens with zero attached hydrogens (tertiary/aromatic N) is 5. The first kappa shape index (κ1) is 16.1. The SMILES string of the molecule is O=C(CN(Cc1ccco1)C1CC1)N1CCN(c2cnccn2)CC1. The normalized spacial score (nSPS) is 18.0. The summed E-state index contributed by atoms with van der Waals surface area (Å²) in [5.41, 5.74) is 0. The summed E-state index contributed by atoms with van der Waals surface area (Å²) in [5, 5.41) is 0. The van der Waals surface area contributed by atoms with E-state index in [0.717, 1.165) is 37.8 Å². The molecule has 0 spiro atoms. The second-order valence-electron chi connectivity index (χ2n) is 6.65. The van der Waals surface area contributed by atoms with Gasteiger partial charge < -0.3 is 14.2 Å². The molecule has 132 valence electrons. The summed E-state index contributed by atoms with van der Waals surface area (Å²) in [7, 11) is 0. The zero-order valence-electron chi connectivity index (χ0n) is 14.3. The van der Waals surface area contributed by atoms with Crippen molar-refractivity contribution in [1.29, 1.82) is 0 Å². The molecule has 0 bridgehead atoms. The van der Waals surface area contributed by atoms with E-state index in [9.17, 15) is 4.79 Å². The van der Waals surface area contributed by atoms with Crippen molar-refractivity contribution in [3.05, 3.63) is 42.7 Å². The molecule has 1 amide bonds. The lowest BCUT2D eigenvalue weighted by atomic mass is 10.3. The van der Waals surface area contributed by atoms with Gasteiger partial charge in [0.1, 0.15) is 11.6 Å². The molecule has 2 aromatic rings. The molecule has 1 saturated heterocycles. The fourth-order valence-electron chi connectivity index (χ4n) is 3.27. The van der Waals surface area contributed by atoms with Crippen molar-refractivity contribution in [1.82, 2.24) is 19.8 Å². The van der Waals surface area contributed by atoms with Gasteiger partial charge in [0.2, 0.25) is 5.91 Å². The van der Waals surface area contributed by atoms with Crippen LogP contribution in [0.4, 0.5) is 5.82 Å². The van der Waals surface area contributed by atoms with Crippen LogP contribution in [0.3, 0.4) is 0 Å². The fourth-order valence-corrected chi connectivity index (χ4v) is 3.27. The van der Waals surface area contributed by atoms with Crippen LogP contribution in [0, 0.1) is 0 Å². The van der Waals surface area contributed by atoms with Crippen LogP contribution >= 0.6 is 0 Å². The van der Waals surface area contributed by atoms with Crippen LogP contribution in [-0.2, 0) is 11.3 Å². The van der Waals surface area contributed by atoms with Crippen LogP contribution in [0.2, 0.25) is 0 Å². The Morgan fingerprint density at radius 3 is 2.72 bits per heavy atom. The van der Waals surface area contributed by atoms with Gasteiger partial charge in [0, 0.05) is 44.6 Å². The van der Waals surface area contributed by atoms with Crippen LogP contribution in [0.1, 0.15) is 18.6 Å². The summed E-state index contributed by atoms with van der Waals surface area (Å²) < 4.78 is 5.45. The number of aromatic nitrogens is 2. The molecule has 1 aliphatic heterocycles. The highest BCUT2D eigenvalue weighted by molar-refractivity contribution is 5.78. The average molecular weight is 341 g/mol. The predicted octanol–water partition coefficient (Wildman–Crippen LogP) is 1.38. The molecule has 7 heteroatoms. The third-order valence-electron chi connectivity index (χ3n) is 4.85. The molecule has 0 N–H and O–H groups in total. The lowest BCUT2D eigenvalue weighted by Crippen LogP contribution is -2.51. The fraction of sp³-hybridized carbons (Fsp3) is 0.500. The maximum Gasteiger partial charge on any atom is 0.236 e. The molecular weight excluding hydrogens is 318 g/mol.